The lowest BCUT2D eigenvalue weighted by molar-refractivity contribution is 0.298. The Kier molecular flexibility index (Phi) is 5.63. The highest BCUT2D eigenvalue weighted by Gasteiger charge is 2.06. The minimum atomic E-state index is -0.508. The number of thiophene rings is 1. The summed E-state index contributed by atoms with van der Waals surface area (Å²) in [5.74, 6) is -0.320. The smallest absolute Gasteiger partial charge is 0.183 e. The van der Waals surface area contributed by atoms with Crippen LogP contribution in [0.1, 0.15) is 4.88 Å². The molecule has 0 spiro atoms. The fourth-order valence-electron chi connectivity index (χ4n) is 1.49. The number of hydrogen-bond acceptors (Lipinski definition) is 3. The molecule has 0 fully saturated rings. The molecule has 0 radical (unpaired) electrons. The normalized spacial score (nSPS) is 10.7. The Labute approximate surface area is 128 Å². The molecule has 19 heavy (non-hydrogen) atoms. The van der Waals surface area contributed by atoms with Gasteiger partial charge in [0, 0.05) is 27.8 Å². The second-order valence-corrected chi connectivity index (χ2v) is 6.13. The maximum atomic E-state index is 13.5. The molecule has 0 amide bonds. The van der Waals surface area contributed by atoms with Crippen molar-refractivity contribution in [2.24, 2.45) is 0 Å². The van der Waals surface area contributed by atoms with Gasteiger partial charge in [-0.1, -0.05) is 17.7 Å². The van der Waals surface area contributed by atoms with Crippen LogP contribution in [0.4, 0.5) is 4.39 Å². The molecule has 0 aliphatic carbocycles. The van der Waals surface area contributed by atoms with E-state index in [9.17, 15) is 4.39 Å². The third-order valence-corrected chi connectivity index (χ3v) is 4.36. The lowest BCUT2D eigenvalue weighted by atomic mass is 10.3. The van der Waals surface area contributed by atoms with E-state index in [1.807, 2.05) is 5.38 Å². The molecule has 1 heterocycles. The number of ether oxygens (including phenoxy) is 1. The van der Waals surface area contributed by atoms with E-state index in [2.05, 4.69) is 27.3 Å². The topological polar surface area (TPSA) is 21.3 Å². The van der Waals surface area contributed by atoms with Gasteiger partial charge in [0.1, 0.15) is 6.61 Å². The average molecular weight is 365 g/mol. The van der Waals surface area contributed by atoms with Crippen molar-refractivity contribution in [2.75, 3.05) is 13.2 Å². The Hall–Kier alpha value is -0.620. The van der Waals surface area contributed by atoms with Gasteiger partial charge in [-0.25, -0.2) is 4.39 Å². The second-order valence-electron chi connectivity index (χ2n) is 3.81. The molecule has 0 atom stereocenters. The van der Waals surface area contributed by atoms with E-state index >= 15 is 0 Å². The highest BCUT2D eigenvalue weighted by molar-refractivity contribution is 9.10. The number of halogens is 3. The lowest BCUT2D eigenvalue weighted by Gasteiger charge is -2.08. The maximum Gasteiger partial charge on any atom is 0.183 e. The summed E-state index contributed by atoms with van der Waals surface area (Å²) in [6, 6.07) is 6.79. The standard InChI is InChI=1S/C13H12BrClFNOS/c14-9-6-10(19-8-9)7-17-4-5-18-12-3-1-2-11(15)13(12)16/h1-3,6,8,17H,4-5,7H2. The predicted octanol–water partition coefficient (Wildman–Crippen LogP) is 4.47. The van der Waals surface area contributed by atoms with Gasteiger partial charge in [0.15, 0.2) is 11.6 Å². The largest absolute Gasteiger partial charge is 0.489 e. The third-order valence-electron chi connectivity index (χ3n) is 2.37. The molecule has 102 valence electrons. The van der Waals surface area contributed by atoms with Crippen LogP contribution in [0.25, 0.3) is 0 Å². The van der Waals surface area contributed by atoms with E-state index in [-0.39, 0.29) is 10.8 Å². The Morgan fingerprint density at radius 1 is 1.42 bits per heavy atom. The van der Waals surface area contributed by atoms with E-state index in [1.54, 1.807) is 23.5 Å². The molecule has 1 N–H and O–H groups in total. The van der Waals surface area contributed by atoms with Crippen molar-refractivity contribution in [3.8, 4) is 5.75 Å². The molecule has 0 aliphatic heterocycles. The number of rotatable bonds is 6. The number of nitrogens with one attached hydrogen (secondary N) is 1. The highest BCUT2D eigenvalue weighted by Crippen LogP contribution is 2.23. The zero-order chi connectivity index (χ0) is 13.7. The summed E-state index contributed by atoms with van der Waals surface area (Å²) in [5.41, 5.74) is 0. The van der Waals surface area contributed by atoms with Crippen LogP contribution in [0.2, 0.25) is 5.02 Å². The monoisotopic (exact) mass is 363 g/mol. The molecule has 2 nitrogen and oxygen atoms in total. The SMILES string of the molecule is Fc1c(Cl)cccc1OCCNCc1cc(Br)cs1. The van der Waals surface area contributed by atoms with E-state index < -0.39 is 5.82 Å². The summed E-state index contributed by atoms with van der Waals surface area (Å²) >= 11 is 10.7. The van der Waals surface area contributed by atoms with Gasteiger partial charge in [0.2, 0.25) is 0 Å². The van der Waals surface area contributed by atoms with Crippen molar-refractivity contribution in [3.63, 3.8) is 0 Å². The molecule has 1 aromatic carbocycles. The minimum Gasteiger partial charge on any atom is -0.489 e. The van der Waals surface area contributed by atoms with Crippen LogP contribution in [0.3, 0.4) is 0 Å². The van der Waals surface area contributed by atoms with Crippen LogP contribution in [-0.4, -0.2) is 13.2 Å². The van der Waals surface area contributed by atoms with Crippen LogP contribution in [0, 0.1) is 5.82 Å². The molecule has 2 aromatic rings. The van der Waals surface area contributed by atoms with Crippen LogP contribution < -0.4 is 10.1 Å². The average Bonchev–Trinajstić information content (AvgIpc) is 2.80. The molecular formula is C13H12BrClFNOS. The first-order valence-corrected chi connectivity index (χ1v) is 7.72. The van der Waals surface area contributed by atoms with Crippen LogP contribution in [0.15, 0.2) is 34.1 Å². The molecular weight excluding hydrogens is 353 g/mol. The van der Waals surface area contributed by atoms with Gasteiger partial charge in [-0.3, -0.25) is 0 Å². The highest BCUT2D eigenvalue weighted by atomic mass is 79.9. The summed E-state index contributed by atoms with van der Waals surface area (Å²) in [6.45, 7) is 1.81. The molecule has 0 saturated heterocycles. The zero-order valence-corrected chi connectivity index (χ0v) is 13.1. The van der Waals surface area contributed by atoms with Crippen LogP contribution in [-0.2, 0) is 6.54 Å². The fourth-order valence-corrected chi connectivity index (χ4v) is 3.07. The molecule has 0 bridgehead atoms. The number of benzene rings is 1. The van der Waals surface area contributed by atoms with E-state index in [0.29, 0.717) is 13.2 Å². The summed E-state index contributed by atoms with van der Waals surface area (Å²) in [7, 11) is 0. The Morgan fingerprint density at radius 2 is 2.26 bits per heavy atom. The van der Waals surface area contributed by atoms with Crippen molar-refractivity contribution in [2.45, 2.75) is 6.54 Å². The third kappa shape index (κ3) is 4.45. The zero-order valence-electron chi connectivity index (χ0n) is 9.96. The minimum absolute atomic E-state index is 0.0777. The molecule has 1 aromatic heterocycles. The second kappa shape index (κ2) is 7.24. The van der Waals surface area contributed by atoms with Crippen molar-refractivity contribution in [1.82, 2.24) is 5.32 Å². The summed E-state index contributed by atoms with van der Waals surface area (Å²) < 4.78 is 19.9. The molecule has 6 heteroatoms. The van der Waals surface area contributed by atoms with Gasteiger partial charge in [-0.2, -0.15) is 0 Å². The van der Waals surface area contributed by atoms with E-state index in [1.165, 1.54) is 10.9 Å². The van der Waals surface area contributed by atoms with E-state index in [0.717, 1.165) is 11.0 Å². The Bertz CT molecular complexity index is 549. The van der Waals surface area contributed by atoms with Gasteiger partial charge in [-0.15, -0.1) is 11.3 Å². The maximum absolute atomic E-state index is 13.5. The van der Waals surface area contributed by atoms with Gasteiger partial charge >= 0.3 is 0 Å². The molecule has 0 saturated carbocycles. The van der Waals surface area contributed by atoms with Crippen LogP contribution >= 0.6 is 38.9 Å². The first-order chi connectivity index (χ1) is 9.16. The van der Waals surface area contributed by atoms with Gasteiger partial charge < -0.3 is 10.1 Å². The quantitative estimate of drug-likeness (QED) is 0.764. The Balaban J connectivity index is 1.71. The molecule has 0 unspecified atom stereocenters. The van der Waals surface area contributed by atoms with Crippen LogP contribution in [0.5, 0.6) is 5.75 Å². The molecule has 2 rings (SSSR count). The summed E-state index contributed by atoms with van der Waals surface area (Å²) in [6.07, 6.45) is 0. The van der Waals surface area contributed by atoms with Crippen molar-refractivity contribution >= 4 is 38.9 Å². The van der Waals surface area contributed by atoms with Gasteiger partial charge in [0.25, 0.3) is 0 Å². The predicted molar refractivity (Wildman–Crippen MR) is 80.6 cm³/mol. The first kappa shape index (κ1) is 14.8. The van der Waals surface area contributed by atoms with Crippen molar-refractivity contribution in [1.29, 1.82) is 0 Å². The van der Waals surface area contributed by atoms with Gasteiger partial charge in [0.05, 0.1) is 5.02 Å². The lowest BCUT2D eigenvalue weighted by Crippen LogP contribution is -2.20. The first-order valence-electron chi connectivity index (χ1n) is 5.67. The van der Waals surface area contributed by atoms with E-state index in [4.69, 9.17) is 16.3 Å². The summed E-state index contributed by atoms with van der Waals surface area (Å²) in [4.78, 5) is 1.24. The number of hydrogen-bond donors (Lipinski definition) is 1. The molecule has 0 aliphatic rings. The van der Waals surface area contributed by atoms with Crippen molar-refractivity contribution in [3.05, 3.63) is 49.8 Å². The fraction of sp³-hybridized carbons (Fsp3) is 0.231. The summed E-state index contributed by atoms with van der Waals surface area (Å²) in [5, 5.41) is 5.34. The Morgan fingerprint density at radius 3 is 3.00 bits per heavy atom. The van der Waals surface area contributed by atoms with Gasteiger partial charge in [-0.05, 0) is 34.1 Å². The van der Waals surface area contributed by atoms with Crippen molar-refractivity contribution < 1.29 is 9.13 Å².